The van der Waals surface area contributed by atoms with Gasteiger partial charge in [-0.3, -0.25) is 5.32 Å². The van der Waals surface area contributed by atoms with E-state index < -0.39 is 6.03 Å². The lowest BCUT2D eigenvalue weighted by Crippen LogP contribution is -2.20. The minimum Gasteiger partial charge on any atom is -0.308 e. The molecule has 6 nitrogen and oxygen atoms in total. The summed E-state index contributed by atoms with van der Waals surface area (Å²) in [6, 6.07) is 9.79. The van der Waals surface area contributed by atoms with Crippen molar-refractivity contribution in [1.82, 2.24) is 9.97 Å². The van der Waals surface area contributed by atoms with E-state index in [1.165, 1.54) is 12.4 Å². The molecule has 1 aromatic carbocycles. The maximum absolute atomic E-state index is 11.6. The predicted molar refractivity (Wildman–Crippen MR) is 65.8 cm³/mol. The van der Waals surface area contributed by atoms with Gasteiger partial charge in [-0.15, -0.1) is 0 Å². The van der Waals surface area contributed by atoms with E-state index >= 15 is 0 Å². The number of nitrogens with zero attached hydrogens (tertiary/aromatic N) is 3. The third-order valence-electron chi connectivity index (χ3n) is 2.04. The molecule has 2 N–H and O–H groups in total. The number of urea groups is 1. The highest BCUT2D eigenvalue weighted by atomic mass is 16.2. The second-order valence-electron chi connectivity index (χ2n) is 3.34. The number of nitriles is 1. The first kappa shape index (κ1) is 11.5. The molecule has 0 saturated carbocycles. The van der Waals surface area contributed by atoms with E-state index in [9.17, 15) is 4.79 Å². The zero-order valence-corrected chi connectivity index (χ0v) is 9.29. The van der Waals surface area contributed by atoms with E-state index in [2.05, 4.69) is 20.6 Å². The van der Waals surface area contributed by atoms with E-state index in [1.54, 1.807) is 30.3 Å². The maximum Gasteiger partial charge on any atom is 0.326 e. The lowest BCUT2D eigenvalue weighted by Gasteiger charge is -2.05. The topological polar surface area (TPSA) is 90.7 Å². The molecular weight excluding hydrogens is 230 g/mol. The van der Waals surface area contributed by atoms with Crippen molar-refractivity contribution in [3.05, 3.63) is 48.3 Å². The van der Waals surface area contributed by atoms with Gasteiger partial charge >= 0.3 is 6.03 Å². The van der Waals surface area contributed by atoms with Crippen molar-refractivity contribution < 1.29 is 4.79 Å². The number of hydrogen-bond acceptors (Lipinski definition) is 4. The molecule has 2 aromatic rings. The molecule has 0 saturated heterocycles. The van der Waals surface area contributed by atoms with Crippen LogP contribution in [0.15, 0.2) is 42.7 Å². The standard InChI is InChI=1S/C12H9N5O/c13-8-9-3-1-4-10(7-9)16-12(18)17-11-14-5-2-6-15-11/h1-7H,(H2,14,15,16,17,18). The summed E-state index contributed by atoms with van der Waals surface area (Å²) in [4.78, 5) is 19.3. The Hall–Kier alpha value is -2.94. The van der Waals surface area contributed by atoms with Crippen LogP contribution in [0.25, 0.3) is 0 Å². The normalized spacial score (nSPS) is 9.28. The summed E-state index contributed by atoms with van der Waals surface area (Å²) in [6.07, 6.45) is 3.05. The average molecular weight is 239 g/mol. The van der Waals surface area contributed by atoms with Gasteiger partial charge in [0, 0.05) is 18.1 Å². The second-order valence-corrected chi connectivity index (χ2v) is 3.34. The lowest BCUT2D eigenvalue weighted by molar-refractivity contribution is 0.262. The van der Waals surface area contributed by atoms with Gasteiger partial charge in [0.05, 0.1) is 11.6 Å². The highest BCUT2D eigenvalue weighted by Gasteiger charge is 2.04. The maximum atomic E-state index is 11.6. The number of carbonyl (C=O) groups excluding carboxylic acids is 1. The van der Waals surface area contributed by atoms with Crippen LogP contribution in [-0.2, 0) is 0 Å². The number of amides is 2. The van der Waals surface area contributed by atoms with Crippen molar-refractivity contribution in [2.24, 2.45) is 0 Å². The molecule has 0 radical (unpaired) electrons. The quantitative estimate of drug-likeness (QED) is 0.838. The molecule has 0 aliphatic heterocycles. The molecular formula is C12H9N5O. The SMILES string of the molecule is N#Cc1cccc(NC(=O)Nc2ncccn2)c1. The van der Waals surface area contributed by atoms with Crippen molar-refractivity contribution >= 4 is 17.7 Å². The van der Waals surface area contributed by atoms with Crippen molar-refractivity contribution in [1.29, 1.82) is 5.26 Å². The van der Waals surface area contributed by atoms with Gasteiger partial charge < -0.3 is 5.32 Å². The van der Waals surface area contributed by atoms with Crippen LogP contribution in [0.3, 0.4) is 0 Å². The Kier molecular flexibility index (Phi) is 3.47. The van der Waals surface area contributed by atoms with E-state index in [4.69, 9.17) is 5.26 Å². The van der Waals surface area contributed by atoms with Gasteiger partial charge in [-0.2, -0.15) is 5.26 Å². The molecule has 0 unspecified atom stereocenters. The summed E-state index contributed by atoms with van der Waals surface area (Å²) in [5.74, 6) is 0.214. The summed E-state index contributed by atoms with van der Waals surface area (Å²) in [7, 11) is 0. The van der Waals surface area contributed by atoms with Gasteiger partial charge in [0.15, 0.2) is 0 Å². The van der Waals surface area contributed by atoms with Gasteiger partial charge in [0.25, 0.3) is 0 Å². The zero-order chi connectivity index (χ0) is 12.8. The molecule has 0 spiro atoms. The number of aromatic nitrogens is 2. The Morgan fingerprint density at radius 3 is 2.67 bits per heavy atom. The van der Waals surface area contributed by atoms with E-state index in [-0.39, 0.29) is 5.95 Å². The molecule has 1 heterocycles. The van der Waals surface area contributed by atoms with Gasteiger partial charge in [-0.25, -0.2) is 14.8 Å². The second kappa shape index (κ2) is 5.41. The number of carbonyl (C=O) groups is 1. The number of benzene rings is 1. The van der Waals surface area contributed by atoms with Crippen LogP contribution in [0.5, 0.6) is 0 Å². The molecule has 0 fully saturated rings. The van der Waals surface area contributed by atoms with Crippen molar-refractivity contribution in [2.45, 2.75) is 0 Å². The molecule has 0 atom stereocenters. The number of hydrogen-bond donors (Lipinski definition) is 2. The monoisotopic (exact) mass is 239 g/mol. The van der Waals surface area contributed by atoms with E-state index in [1.807, 2.05) is 6.07 Å². The zero-order valence-electron chi connectivity index (χ0n) is 9.29. The molecule has 0 aliphatic carbocycles. The van der Waals surface area contributed by atoms with Gasteiger partial charge in [0.2, 0.25) is 5.95 Å². The average Bonchev–Trinajstić information content (AvgIpc) is 2.40. The number of anilines is 2. The van der Waals surface area contributed by atoms with Crippen LogP contribution < -0.4 is 10.6 Å². The third kappa shape index (κ3) is 3.02. The molecule has 18 heavy (non-hydrogen) atoms. The molecule has 2 rings (SSSR count). The van der Waals surface area contributed by atoms with Crippen molar-refractivity contribution in [2.75, 3.05) is 10.6 Å². The van der Waals surface area contributed by atoms with Crippen molar-refractivity contribution in [3.8, 4) is 6.07 Å². The Bertz CT molecular complexity index is 591. The first-order valence-electron chi connectivity index (χ1n) is 5.13. The van der Waals surface area contributed by atoms with Gasteiger partial charge in [-0.05, 0) is 24.3 Å². The molecule has 0 aliphatic rings. The first-order chi connectivity index (χ1) is 8.78. The molecule has 6 heteroatoms. The first-order valence-corrected chi connectivity index (χ1v) is 5.13. The predicted octanol–water partition coefficient (Wildman–Crippen LogP) is 1.99. The van der Waals surface area contributed by atoms with E-state index in [0.717, 1.165) is 0 Å². The lowest BCUT2D eigenvalue weighted by atomic mass is 10.2. The fraction of sp³-hybridized carbons (Fsp3) is 0. The van der Waals surface area contributed by atoms with Crippen LogP contribution in [0, 0.1) is 11.3 Å². The Morgan fingerprint density at radius 2 is 1.94 bits per heavy atom. The summed E-state index contributed by atoms with van der Waals surface area (Å²) < 4.78 is 0. The fourth-order valence-corrected chi connectivity index (χ4v) is 1.29. The smallest absolute Gasteiger partial charge is 0.308 e. The van der Waals surface area contributed by atoms with Crippen LogP contribution >= 0.6 is 0 Å². The number of rotatable bonds is 2. The van der Waals surface area contributed by atoms with Crippen LogP contribution in [0.1, 0.15) is 5.56 Å². The Balaban J connectivity index is 2.01. The Morgan fingerprint density at radius 1 is 1.17 bits per heavy atom. The van der Waals surface area contributed by atoms with Crippen LogP contribution in [0.2, 0.25) is 0 Å². The van der Waals surface area contributed by atoms with E-state index in [0.29, 0.717) is 11.3 Å². The Labute approximate surface area is 103 Å². The van der Waals surface area contributed by atoms with Gasteiger partial charge in [0.1, 0.15) is 0 Å². The van der Waals surface area contributed by atoms with Gasteiger partial charge in [-0.1, -0.05) is 6.07 Å². The van der Waals surface area contributed by atoms with Crippen molar-refractivity contribution in [3.63, 3.8) is 0 Å². The van der Waals surface area contributed by atoms with Crippen LogP contribution in [0.4, 0.5) is 16.4 Å². The minimum absolute atomic E-state index is 0.214. The third-order valence-corrected chi connectivity index (χ3v) is 2.04. The summed E-state index contributed by atoms with van der Waals surface area (Å²) in [6.45, 7) is 0. The summed E-state index contributed by atoms with van der Waals surface area (Å²) in [5, 5.41) is 13.8. The largest absolute Gasteiger partial charge is 0.326 e. The molecule has 2 amide bonds. The number of nitrogens with one attached hydrogen (secondary N) is 2. The fourth-order valence-electron chi connectivity index (χ4n) is 1.29. The highest BCUT2D eigenvalue weighted by molar-refractivity contribution is 5.98. The molecule has 0 bridgehead atoms. The summed E-state index contributed by atoms with van der Waals surface area (Å²) in [5.41, 5.74) is 1.01. The minimum atomic E-state index is -0.462. The van der Waals surface area contributed by atoms with Crippen LogP contribution in [-0.4, -0.2) is 16.0 Å². The molecule has 1 aromatic heterocycles. The summed E-state index contributed by atoms with van der Waals surface area (Å²) >= 11 is 0. The highest BCUT2D eigenvalue weighted by Crippen LogP contribution is 2.09. The molecule has 88 valence electrons.